The van der Waals surface area contributed by atoms with Gasteiger partial charge in [0.15, 0.2) is 0 Å². The van der Waals surface area contributed by atoms with Crippen LogP contribution in [0.2, 0.25) is 0 Å². The second kappa shape index (κ2) is 13.1. The van der Waals surface area contributed by atoms with Crippen molar-refractivity contribution < 1.29 is 14.3 Å². The van der Waals surface area contributed by atoms with Crippen LogP contribution in [0.4, 0.5) is 0 Å². The number of amides is 1. The lowest BCUT2D eigenvalue weighted by atomic mass is 10.1. The summed E-state index contributed by atoms with van der Waals surface area (Å²) in [5.74, 6) is -1.50. The molecule has 0 aromatic carbocycles. The summed E-state index contributed by atoms with van der Waals surface area (Å²) in [6, 6.07) is 0. The molecule has 1 amide bonds. The van der Waals surface area contributed by atoms with Gasteiger partial charge in [0.25, 0.3) is 0 Å². The molecule has 110 valence electrons. The molecule has 0 aliphatic rings. The van der Waals surface area contributed by atoms with Crippen molar-refractivity contribution >= 4 is 11.9 Å². The van der Waals surface area contributed by atoms with Crippen molar-refractivity contribution in [3.8, 4) is 0 Å². The van der Waals surface area contributed by atoms with E-state index in [4.69, 9.17) is 4.74 Å². The number of rotatable bonds is 11. The molecule has 0 spiro atoms. The van der Waals surface area contributed by atoms with E-state index in [1.54, 1.807) is 0 Å². The van der Waals surface area contributed by atoms with E-state index in [0.717, 1.165) is 12.8 Å². The van der Waals surface area contributed by atoms with E-state index in [-0.39, 0.29) is 6.54 Å². The van der Waals surface area contributed by atoms with Crippen molar-refractivity contribution in [2.75, 3.05) is 13.2 Å². The normalized spacial score (nSPS) is 9.95. The molecule has 4 nitrogen and oxygen atoms in total. The fourth-order valence-electron chi connectivity index (χ4n) is 1.70. The fraction of sp³-hybridized carbons (Fsp3) is 0.733. The first kappa shape index (κ1) is 17.7. The van der Waals surface area contributed by atoms with Crippen LogP contribution < -0.4 is 5.32 Å². The number of hydrogen-bond acceptors (Lipinski definition) is 3. The van der Waals surface area contributed by atoms with Crippen LogP contribution in [0.15, 0.2) is 12.7 Å². The van der Waals surface area contributed by atoms with Crippen molar-refractivity contribution in [2.24, 2.45) is 0 Å². The maximum absolute atomic E-state index is 11.2. The number of carbonyl (C=O) groups is 2. The van der Waals surface area contributed by atoms with Gasteiger partial charge in [-0.05, 0) is 6.42 Å². The van der Waals surface area contributed by atoms with Crippen LogP contribution in [0.1, 0.15) is 58.3 Å². The van der Waals surface area contributed by atoms with Crippen LogP contribution in [0.3, 0.4) is 0 Å². The van der Waals surface area contributed by atoms with E-state index in [2.05, 4.69) is 18.8 Å². The lowest BCUT2D eigenvalue weighted by Crippen LogP contribution is -2.32. The summed E-state index contributed by atoms with van der Waals surface area (Å²) in [6.45, 7) is 6.27. The molecule has 19 heavy (non-hydrogen) atoms. The molecule has 0 bridgehead atoms. The summed E-state index contributed by atoms with van der Waals surface area (Å²) >= 11 is 0. The Bertz CT molecular complexity index is 264. The maximum atomic E-state index is 11.2. The molecular formula is C15H27NO3. The third kappa shape index (κ3) is 11.5. The van der Waals surface area contributed by atoms with Crippen molar-refractivity contribution in [2.45, 2.75) is 58.3 Å². The average Bonchev–Trinajstić information content (AvgIpc) is 2.42. The molecule has 0 saturated heterocycles. The van der Waals surface area contributed by atoms with Crippen molar-refractivity contribution in [3.63, 3.8) is 0 Å². The Morgan fingerprint density at radius 2 is 1.63 bits per heavy atom. The standard InChI is InChI=1S/C15H27NO3/c1-3-5-6-7-8-9-10-11-13-19-15(18)14(17)16-12-4-2/h4H,2-3,5-13H2,1H3,(H,16,17). The quantitative estimate of drug-likeness (QED) is 0.271. The Labute approximate surface area is 116 Å². The number of carbonyl (C=O) groups excluding carboxylic acids is 2. The molecule has 1 N–H and O–H groups in total. The summed E-state index contributed by atoms with van der Waals surface area (Å²) in [4.78, 5) is 22.3. The van der Waals surface area contributed by atoms with Gasteiger partial charge in [0.05, 0.1) is 6.61 Å². The molecule has 0 aliphatic heterocycles. The minimum Gasteiger partial charge on any atom is -0.459 e. The molecule has 0 aliphatic carbocycles. The summed E-state index contributed by atoms with van der Waals surface area (Å²) < 4.78 is 4.86. The largest absolute Gasteiger partial charge is 0.459 e. The van der Waals surface area contributed by atoms with Crippen LogP contribution in [-0.2, 0) is 14.3 Å². The van der Waals surface area contributed by atoms with Gasteiger partial charge in [-0.1, -0.05) is 57.9 Å². The van der Waals surface area contributed by atoms with Gasteiger partial charge in [0.2, 0.25) is 0 Å². The van der Waals surface area contributed by atoms with E-state index in [0.29, 0.717) is 6.61 Å². The highest BCUT2D eigenvalue weighted by Gasteiger charge is 2.13. The van der Waals surface area contributed by atoms with Gasteiger partial charge < -0.3 is 10.1 Å². The smallest absolute Gasteiger partial charge is 0.396 e. The van der Waals surface area contributed by atoms with E-state index in [1.165, 1.54) is 44.6 Å². The monoisotopic (exact) mass is 269 g/mol. The fourth-order valence-corrected chi connectivity index (χ4v) is 1.70. The van der Waals surface area contributed by atoms with Gasteiger partial charge in [0, 0.05) is 6.54 Å². The minimum absolute atomic E-state index is 0.283. The molecule has 0 rings (SSSR count). The van der Waals surface area contributed by atoms with Crippen LogP contribution in [-0.4, -0.2) is 25.0 Å². The first-order chi connectivity index (χ1) is 9.22. The molecule has 0 heterocycles. The Hall–Kier alpha value is -1.32. The van der Waals surface area contributed by atoms with Crippen molar-refractivity contribution in [1.29, 1.82) is 0 Å². The van der Waals surface area contributed by atoms with E-state index in [1.807, 2.05) is 0 Å². The molecule has 0 saturated carbocycles. The lowest BCUT2D eigenvalue weighted by Gasteiger charge is -2.04. The summed E-state index contributed by atoms with van der Waals surface area (Å²) in [5, 5.41) is 2.38. The van der Waals surface area contributed by atoms with Crippen LogP contribution >= 0.6 is 0 Å². The molecular weight excluding hydrogens is 242 g/mol. The second-order valence-corrected chi connectivity index (χ2v) is 4.61. The molecule has 0 unspecified atom stereocenters. The predicted molar refractivity (Wildman–Crippen MR) is 76.8 cm³/mol. The van der Waals surface area contributed by atoms with Gasteiger partial charge in [0.1, 0.15) is 0 Å². The zero-order chi connectivity index (χ0) is 14.3. The number of ether oxygens (including phenoxy) is 1. The number of nitrogens with one attached hydrogen (secondary N) is 1. The average molecular weight is 269 g/mol. The number of esters is 1. The minimum atomic E-state index is -0.801. The van der Waals surface area contributed by atoms with Gasteiger partial charge in [-0.25, -0.2) is 4.79 Å². The Morgan fingerprint density at radius 3 is 2.21 bits per heavy atom. The zero-order valence-corrected chi connectivity index (χ0v) is 12.1. The molecule has 0 fully saturated rings. The molecule has 0 radical (unpaired) electrons. The number of hydrogen-bond donors (Lipinski definition) is 1. The summed E-state index contributed by atoms with van der Waals surface area (Å²) in [6.07, 6.45) is 11.0. The Morgan fingerprint density at radius 1 is 1.05 bits per heavy atom. The Kier molecular flexibility index (Phi) is 12.2. The van der Waals surface area contributed by atoms with Crippen LogP contribution in [0.25, 0.3) is 0 Å². The highest BCUT2D eigenvalue weighted by molar-refractivity contribution is 6.32. The first-order valence-electron chi connectivity index (χ1n) is 7.28. The van der Waals surface area contributed by atoms with Crippen molar-refractivity contribution in [3.05, 3.63) is 12.7 Å². The maximum Gasteiger partial charge on any atom is 0.396 e. The van der Waals surface area contributed by atoms with Gasteiger partial charge in [-0.3, -0.25) is 4.79 Å². The third-order valence-electron chi connectivity index (χ3n) is 2.82. The lowest BCUT2D eigenvalue weighted by molar-refractivity contribution is -0.154. The molecule has 0 atom stereocenters. The van der Waals surface area contributed by atoms with Gasteiger partial charge in [-0.2, -0.15) is 0 Å². The second-order valence-electron chi connectivity index (χ2n) is 4.61. The van der Waals surface area contributed by atoms with Gasteiger partial charge >= 0.3 is 11.9 Å². The van der Waals surface area contributed by atoms with E-state index < -0.39 is 11.9 Å². The first-order valence-corrected chi connectivity index (χ1v) is 7.28. The van der Waals surface area contributed by atoms with Gasteiger partial charge in [-0.15, -0.1) is 6.58 Å². The zero-order valence-electron chi connectivity index (χ0n) is 12.1. The third-order valence-corrected chi connectivity index (χ3v) is 2.82. The summed E-state index contributed by atoms with van der Waals surface area (Å²) in [7, 11) is 0. The van der Waals surface area contributed by atoms with Crippen LogP contribution in [0.5, 0.6) is 0 Å². The van der Waals surface area contributed by atoms with Crippen LogP contribution in [0, 0.1) is 0 Å². The predicted octanol–water partition coefficient (Wildman–Crippen LogP) is 2.97. The topological polar surface area (TPSA) is 55.4 Å². The number of unbranched alkanes of at least 4 members (excludes halogenated alkanes) is 7. The SMILES string of the molecule is C=CCNC(=O)C(=O)OCCCCCCCCCC. The van der Waals surface area contributed by atoms with Crippen molar-refractivity contribution in [1.82, 2.24) is 5.32 Å². The Balaban J connectivity index is 3.31. The molecule has 0 aromatic rings. The molecule has 0 aromatic heterocycles. The van der Waals surface area contributed by atoms with E-state index >= 15 is 0 Å². The van der Waals surface area contributed by atoms with E-state index in [9.17, 15) is 9.59 Å². The molecule has 4 heteroatoms. The highest BCUT2D eigenvalue weighted by atomic mass is 16.5. The summed E-state index contributed by atoms with van der Waals surface area (Å²) in [5.41, 5.74) is 0. The highest BCUT2D eigenvalue weighted by Crippen LogP contribution is 2.08.